The summed E-state index contributed by atoms with van der Waals surface area (Å²) in [5, 5.41) is 11.5. The third-order valence-electron chi connectivity index (χ3n) is 2.19. The van der Waals surface area contributed by atoms with E-state index in [0.29, 0.717) is 11.4 Å². The Bertz CT molecular complexity index is 456. The van der Waals surface area contributed by atoms with Crippen molar-refractivity contribution >= 4 is 17.3 Å². The predicted octanol–water partition coefficient (Wildman–Crippen LogP) is 1.95. The minimum Gasteiger partial charge on any atom is -0.481 e. The van der Waals surface area contributed by atoms with Crippen LogP contribution in [0.15, 0.2) is 36.0 Å². The molecule has 0 saturated carbocycles. The predicted molar refractivity (Wildman–Crippen MR) is 60.4 cm³/mol. The number of hydrogen-bond acceptors (Lipinski definition) is 4. The molecule has 4 nitrogen and oxygen atoms in total. The molecule has 16 heavy (non-hydrogen) atoms. The highest BCUT2D eigenvalue weighted by atomic mass is 32.1. The Morgan fingerprint density at radius 3 is 2.81 bits per heavy atom. The Morgan fingerprint density at radius 2 is 2.25 bits per heavy atom. The molecule has 2 rings (SSSR count). The average molecular weight is 234 g/mol. The molecule has 2 aromatic rings. The van der Waals surface area contributed by atoms with Crippen molar-refractivity contribution in [1.82, 2.24) is 9.97 Å². The van der Waals surface area contributed by atoms with Crippen LogP contribution < -0.4 is 0 Å². The van der Waals surface area contributed by atoms with E-state index in [1.807, 2.05) is 18.2 Å². The van der Waals surface area contributed by atoms with Crippen molar-refractivity contribution in [3.05, 3.63) is 46.7 Å². The van der Waals surface area contributed by atoms with Gasteiger partial charge >= 0.3 is 5.97 Å². The van der Waals surface area contributed by atoms with Gasteiger partial charge in [-0.3, -0.25) is 9.78 Å². The van der Waals surface area contributed by atoms with E-state index in [1.165, 1.54) is 11.3 Å². The van der Waals surface area contributed by atoms with Crippen molar-refractivity contribution in [2.45, 2.75) is 12.3 Å². The molecule has 0 spiro atoms. The van der Waals surface area contributed by atoms with E-state index in [0.717, 1.165) is 5.69 Å². The first kappa shape index (κ1) is 10.8. The number of pyridine rings is 1. The van der Waals surface area contributed by atoms with Gasteiger partial charge in [-0.2, -0.15) is 0 Å². The maximum absolute atomic E-state index is 11.1. The van der Waals surface area contributed by atoms with Crippen LogP contribution in [-0.2, 0) is 11.2 Å². The molecule has 0 bridgehead atoms. The van der Waals surface area contributed by atoms with Gasteiger partial charge in [0.2, 0.25) is 0 Å². The fraction of sp³-hybridized carbons (Fsp3) is 0.182. The number of aliphatic carboxylic acids is 1. The molecule has 2 heterocycles. The molecule has 0 aliphatic rings. The summed E-state index contributed by atoms with van der Waals surface area (Å²) in [6.45, 7) is 0. The molecular formula is C11H10N2O2S. The zero-order valence-corrected chi connectivity index (χ0v) is 9.22. The third kappa shape index (κ3) is 2.43. The second kappa shape index (κ2) is 4.85. The van der Waals surface area contributed by atoms with Gasteiger partial charge in [-0.05, 0) is 12.1 Å². The summed E-state index contributed by atoms with van der Waals surface area (Å²) < 4.78 is 0. The highest BCUT2D eigenvalue weighted by molar-refractivity contribution is 7.09. The van der Waals surface area contributed by atoms with Gasteiger partial charge < -0.3 is 5.11 Å². The van der Waals surface area contributed by atoms with Gasteiger partial charge in [0.25, 0.3) is 0 Å². The maximum atomic E-state index is 11.1. The highest BCUT2D eigenvalue weighted by Gasteiger charge is 2.23. The lowest BCUT2D eigenvalue weighted by atomic mass is 10.0. The number of thiazole rings is 1. The number of nitrogens with zero attached hydrogens (tertiary/aromatic N) is 2. The van der Waals surface area contributed by atoms with E-state index < -0.39 is 11.9 Å². The van der Waals surface area contributed by atoms with Crippen LogP contribution >= 0.6 is 11.3 Å². The van der Waals surface area contributed by atoms with Gasteiger partial charge in [-0.25, -0.2) is 4.98 Å². The lowest BCUT2D eigenvalue weighted by Gasteiger charge is -2.08. The van der Waals surface area contributed by atoms with E-state index in [2.05, 4.69) is 9.97 Å². The monoisotopic (exact) mass is 234 g/mol. The summed E-state index contributed by atoms with van der Waals surface area (Å²) >= 11 is 1.36. The minimum absolute atomic E-state index is 0.379. The molecule has 1 N–H and O–H groups in total. The van der Waals surface area contributed by atoms with Crippen LogP contribution in [0.3, 0.4) is 0 Å². The Hall–Kier alpha value is -1.75. The smallest absolute Gasteiger partial charge is 0.313 e. The van der Waals surface area contributed by atoms with Crippen molar-refractivity contribution in [3.63, 3.8) is 0 Å². The lowest BCUT2D eigenvalue weighted by Crippen LogP contribution is -2.14. The first-order valence-corrected chi connectivity index (χ1v) is 5.67. The van der Waals surface area contributed by atoms with Crippen LogP contribution in [-0.4, -0.2) is 21.0 Å². The molecule has 1 unspecified atom stereocenters. The quantitative estimate of drug-likeness (QED) is 0.878. The van der Waals surface area contributed by atoms with Crippen molar-refractivity contribution in [2.24, 2.45) is 0 Å². The normalized spacial score (nSPS) is 12.2. The first-order valence-electron chi connectivity index (χ1n) is 4.79. The van der Waals surface area contributed by atoms with Crippen LogP contribution in [0.5, 0.6) is 0 Å². The Labute approximate surface area is 96.6 Å². The topological polar surface area (TPSA) is 63.1 Å². The van der Waals surface area contributed by atoms with Gasteiger partial charge in [0.1, 0.15) is 10.9 Å². The summed E-state index contributed by atoms with van der Waals surface area (Å²) in [7, 11) is 0. The minimum atomic E-state index is -0.861. The molecule has 5 heteroatoms. The first-order chi connectivity index (χ1) is 7.77. The van der Waals surface area contributed by atoms with E-state index >= 15 is 0 Å². The number of aromatic nitrogens is 2. The van der Waals surface area contributed by atoms with E-state index in [1.54, 1.807) is 17.8 Å². The molecule has 0 amide bonds. The van der Waals surface area contributed by atoms with Crippen LogP contribution in [0.25, 0.3) is 0 Å². The molecule has 0 saturated heterocycles. The average Bonchev–Trinajstić information content (AvgIpc) is 2.80. The van der Waals surface area contributed by atoms with Crippen LogP contribution in [0.2, 0.25) is 0 Å². The molecule has 0 aromatic carbocycles. The number of hydrogen-bond donors (Lipinski definition) is 1. The molecule has 1 atom stereocenters. The summed E-state index contributed by atoms with van der Waals surface area (Å²) in [5.74, 6) is -1.46. The molecule has 0 radical (unpaired) electrons. The number of carboxylic acid groups (broad SMARTS) is 1. The number of rotatable bonds is 4. The fourth-order valence-corrected chi connectivity index (χ4v) is 2.15. The maximum Gasteiger partial charge on any atom is 0.313 e. The van der Waals surface area contributed by atoms with Gasteiger partial charge in [0, 0.05) is 29.9 Å². The Kier molecular flexibility index (Phi) is 3.26. The Morgan fingerprint density at radius 1 is 1.38 bits per heavy atom. The molecular weight excluding hydrogens is 224 g/mol. The SMILES string of the molecule is O=C(O)C(Cc1ccccn1)c1nccs1. The largest absolute Gasteiger partial charge is 0.481 e. The molecule has 82 valence electrons. The zero-order chi connectivity index (χ0) is 11.4. The highest BCUT2D eigenvalue weighted by Crippen LogP contribution is 2.22. The van der Waals surface area contributed by atoms with Gasteiger partial charge in [-0.1, -0.05) is 6.07 Å². The summed E-state index contributed by atoms with van der Waals surface area (Å²) in [4.78, 5) is 19.3. The van der Waals surface area contributed by atoms with E-state index in [4.69, 9.17) is 5.11 Å². The summed E-state index contributed by atoms with van der Waals surface area (Å²) in [6, 6.07) is 5.48. The standard InChI is InChI=1S/C11H10N2O2S/c14-11(15)9(10-13-5-6-16-10)7-8-3-1-2-4-12-8/h1-6,9H,7H2,(H,14,15). The van der Waals surface area contributed by atoms with Crippen LogP contribution in [0.1, 0.15) is 16.6 Å². The fourth-order valence-electron chi connectivity index (χ4n) is 1.41. The second-order valence-electron chi connectivity index (χ2n) is 3.29. The number of carboxylic acids is 1. The zero-order valence-electron chi connectivity index (χ0n) is 8.41. The van der Waals surface area contributed by atoms with Crippen molar-refractivity contribution < 1.29 is 9.90 Å². The van der Waals surface area contributed by atoms with Crippen LogP contribution in [0, 0.1) is 0 Å². The number of carbonyl (C=O) groups is 1. The molecule has 2 aromatic heterocycles. The lowest BCUT2D eigenvalue weighted by molar-refractivity contribution is -0.138. The molecule has 0 fully saturated rings. The van der Waals surface area contributed by atoms with Gasteiger partial charge in [0.05, 0.1) is 0 Å². The van der Waals surface area contributed by atoms with E-state index in [9.17, 15) is 4.79 Å². The van der Waals surface area contributed by atoms with Gasteiger partial charge in [0.15, 0.2) is 0 Å². The molecule has 0 aliphatic carbocycles. The second-order valence-corrected chi connectivity index (χ2v) is 4.21. The Balaban J connectivity index is 2.19. The van der Waals surface area contributed by atoms with E-state index in [-0.39, 0.29) is 0 Å². The summed E-state index contributed by atoms with van der Waals surface area (Å²) in [6.07, 6.45) is 3.66. The summed E-state index contributed by atoms with van der Waals surface area (Å²) in [5.41, 5.74) is 0.769. The van der Waals surface area contributed by atoms with Crippen LogP contribution in [0.4, 0.5) is 0 Å². The third-order valence-corrected chi connectivity index (χ3v) is 3.08. The molecule has 0 aliphatic heterocycles. The van der Waals surface area contributed by atoms with Crippen molar-refractivity contribution in [1.29, 1.82) is 0 Å². The van der Waals surface area contributed by atoms with Crippen molar-refractivity contribution in [2.75, 3.05) is 0 Å². The van der Waals surface area contributed by atoms with Gasteiger partial charge in [-0.15, -0.1) is 11.3 Å². The van der Waals surface area contributed by atoms with Crippen molar-refractivity contribution in [3.8, 4) is 0 Å².